The van der Waals surface area contributed by atoms with Crippen molar-refractivity contribution in [2.45, 2.75) is 32.7 Å². The molecule has 0 radical (unpaired) electrons. The third kappa shape index (κ3) is 2.77. The van der Waals surface area contributed by atoms with E-state index in [-0.39, 0.29) is 11.9 Å². The van der Waals surface area contributed by atoms with E-state index in [1.807, 2.05) is 6.92 Å². The van der Waals surface area contributed by atoms with Gasteiger partial charge in [0.2, 0.25) is 0 Å². The van der Waals surface area contributed by atoms with E-state index in [1.165, 1.54) is 6.92 Å². The maximum Gasteiger partial charge on any atom is 0.346 e. The summed E-state index contributed by atoms with van der Waals surface area (Å²) >= 11 is 11.6. The van der Waals surface area contributed by atoms with Gasteiger partial charge in [-0.1, -0.05) is 16.5 Å². The fraction of sp³-hybridized carbons (Fsp3) is 0.625. The molecule has 0 fully saturated rings. The van der Waals surface area contributed by atoms with Crippen LogP contribution in [0.3, 0.4) is 0 Å². The van der Waals surface area contributed by atoms with Gasteiger partial charge in [-0.2, -0.15) is 0 Å². The zero-order valence-corrected chi connectivity index (χ0v) is 8.90. The van der Waals surface area contributed by atoms with Gasteiger partial charge >= 0.3 is 5.91 Å². The number of quaternary nitrogens is 1. The minimum atomic E-state index is -0.595. The molecule has 0 aromatic carbocycles. The summed E-state index contributed by atoms with van der Waals surface area (Å²) < 4.78 is -0.595. The van der Waals surface area contributed by atoms with E-state index in [1.54, 1.807) is 6.08 Å². The molecule has 0 N–H and O–H groups in total. The largest absolute Gasteiger partial charge is 0.346 e. The van der Waals surface area contributed by atoms with Gasteiger partial charge in [-0.05, 0) is 0 Å². The summed E-state index contributed by atoms with van der Waals surface area (Å²) in [6.45, 7) is 6.90. The molecule has 0 heterocycles. The molecule has 0 aliphatic heterocycles. The summed E-state index contributed by atoms with van der Waals surface area (Å²) in [5.41, 5.74) is 0. The van der Waals surface area contributed by atoms with Crippen molar-refractivity contribution in [1.82, 2.24) is 0 Å². The minimum Gasteiger partial charge on any atom is -0.228 e. The molecule has 70 valence electrons. The van der Waals surface area contributed by atoms with Crippen LogP contribution < -0.4 is 0 Å². The van der Waals surface area contributed by atoms with Crippen LogP contribution in [0.4, 0.5) is 0 Å². The van der Waals surface area contributed by atoms with E-state index in [0.29, 0.717) is 6.42 Å². The van der Waals surface area contributed by atoms with E-state index in [0.717, 1.165) is 6.42 Å². The first-order chi connectivity index (χ1) is 5.46. The standard InChI is InChI=1S/C8H14Cl2NO/c1-4-6-8(5-2)11(9,10)7(3)12/h4,8H,1,5-6H2,2-3H3/q+1. The van der Waals surface area contributed by atoms with E-state index in [2.05, 4.69) is 6.58 Å². The van der Waals surface area contributed by atoms with Crippen molar-refractivity contribution in [3.8, 4) is 0 Å². The lowest BCUT2D eigenvalue weighted by Crippen LogP contribution is -2.42. The molecule has 0 aromatic rings. The number of carbonyl (C=O) groups excluding carboxylic acids is 1. The summed E-state index contributed by atoms with van der Waals surface area (Å²) in [5, 5.41) is 0. The normalized spacial score (nSPS) is 14.0. The fourth-order valence-electron chi connectivity index (χ4n) is 0.978. The van der Waals surface area contributed by atoms with Crippen LogP contribution >= 0.6 is 23.6 Å². The first-order valence-corrected chi connectivity index (χ1v) is 4.54. The second-order valence-corrected chi connectivity index (χ2v) is 3.90. The molecular weight excluding hydrogens is 197 g/mol. The summed E-state index contributed by atoms with van der Waals surface area (Å²) in [7, 11) is 0. The zero-order valence-electron chi connectivity index (χ0n) is 7.39. The quantitative estimate of drug-likeness (QED) is 0.516. The molecule has 12 heavy (non-hydrogen) atoms. The van der Waals surface area contributed by atoms with Crippen molar-refractivity contribution >= 4 is 29.5 Å². The van der Waals surface area contributed by atoms with Gasteiger partial charge in [-0.15, -0.1) is 6.58 Å². The Kier molecular flexibility index (Phi) is 4.83. The number of hydrogen-bond acceptors (Lipinski definition) is 1. The monoisotopic (exact) mass is 210 g/mol. The minimum absolute atomic E-state index is 0.0941. The SMILES string of the molecule is C=CCC(CC)[N+](Cl)(Cl)C(C)=O. The van der Waals surface area contributed by atoms with Crippen molar-refractivity contribution in [3.63, 3.8) is 0 Å². The molecule has 0 spiro atoms. The van der Waals surface area contributed by atoms with Crippen LogP contribution in [0.5, 0.6) is 0 Å². The average Bonchev–Trinajstić information content (AvgIpc) is 1.99. The van der Waals surface area contributed by atoms with Crippen LogP contribution in [0.15, 0.2) is 12.7 Å². The Morgan fingerprint density at radius 1 is 1.67 bits per heavy atom. The van der Waals surface area contributed by atoms with Crippen molar-refractivity contribution in [2.24, 2.45) is 0 Å². The van der Waals surface area contributed by atoms with Crippen LogP contribution in [-0.4, -0.2) is 15.5 Å². The second kappa shape index (κ2) is 4.85. The van der Waals surface area contributed by atoms with E-state index < -0.39 is 3.52 Å². The molecule has 0 aliphatic carbocycles. The lowest BCUT2D eigenvalue weighted by Gasteiger charge is -2.23. The number of hydrogen-bond donors (Lipinski definition) is 0. The lowest BCUT2D eigenvalue weighted by atomic mass is 10.1. The van der Waals surface area contributed by atoms with Crippen molar-refractivity contribution in [3.05, 3.63) is 12.7 Å². The highest BCUT2D eigenvalue weighted by atomic mass is 35.5. The fourth-order valence-corrected chi connectivity index (χ4v) is 1.41. The summed E-state index contributed by atoms with van der Waals surface area (Å²) in [6, 6.07) is -0.0941. The molecule has 0 saturated heterocycles. The summed E-state index contributed by atoms with van der Waals surface area (Å²) in [4.78, 5) is 11.0. The van der Waals surface area contributed by atoms with Gasteiger partial charge in [-0.3, -0.25) is 0 Å². The number of halogens is 2. The Balaban J connectivity index is 4.46. The third-order valence-electron chi connectivity index (χ3n) is 1.79. The van der Waals surface area contributed by atoms with Crippen LogP contribution in [0.25, 0.3) is 0 Å². The molecule has 0 saturated carbocycles. The van der Waals surface area contributed by atoms with Crippen molar-refractivity contribution in [1.29, 1.82) is 0 Å². The van der Waals surface area contributed by atoms with Crippen molar-refractivity contribution < 1.29 is 8.32 Å². The molecule has 0 rings (SSSR count). The van der Waals surface area contributed by atoms with Crippen LogP contribution in [0, 0.1) is 0 Å². The number of rotatable bonds is 4. The highest BCUT2D eigenvalue weighted by molar-refractivity contribution is 6.29. The van der Waals surface area contributed by atoms with Gasteiger partial charge in [-0.25, -0.2) is 4.79 Å². The Morgan fingerprint density at radius 3 is 2.42 bits per heavy atom. The molecule has 4 heteroatoms. The number of amides is 1. The van der Waals surface area contributed by atoms with Crippen molar-refractivity contribution in [2.75, 3.05) is 0 Å². The Bertz CT molecular complexity index is 180. The van der Waals surface area contributed by atoms with Gasteiger partial charge in [0.05, 0.1) is 6.92 Å². The Labute approximate surface area is 83.6 Å². The van der Waals surface area contributed by atoms with Crippen LogP contribution in [-0.2, 0) is 4.79 Å². The van der Waals surface area contributed by atoms with Crippen LogP contribution in [0.1, 0.15) is 26.7 Å². The van der Waals surface area contributed by atoms with Crippen LogP contribution in [0.2, 0.25) is 0 Å². The third-order valence-corrected chi connectivity index (χ3v) is 2.82. The molecule has 0 aliphatic rings. The lowest BCUT2D eigenvalue weighted by molar-refractivity contribution is -0.640. The molecule has 0 aromatic heterocycles. The highest BCUT2D eigenvalue weighted by Crippen LogP contribution is 2.27. The summed E-state index contributed by atoms with van der Waals surface area (Å²) in [6.07, 6.45) is 3.11. The first kappa shape index (κ1) is 11.9. The molecule has 0 bridgehead atoms. The maximum absolute atomic E-state index is 11.0. The molecule has 1 unspecified atom stereocenters. The number of carbonyl (C=O) groups is 1. The smallest absolute Gasteiger partial charge is 0.228 e. The van der Waals surface area contributed by atoms with Gasteiger partial charge in [0.15, 0.2) is 23.6 Å². The topological polar surface area (TPSA) is 17.1 Å². The highest BCUT2D eigenvalue weighted by Gasteiger charge is 2.39. The maximum atomic E-state index is 11.0. The first-order valence-electron chi connectivity index (χ1n) is 3.86. The average molecular weight is 211 g/mol. The van der Waals surface area contributed by atoms with E-state index in [9.17, 15) is 4.79 Å². The summed E-state index contributed by atoms with van der Waals surface area (Å²) in [5.74, 6) is -0.257. The predicted molar refractivity (Wildman–Crippen MR) is 51.5 cm³/mol. The molecule has 2 nitrogen and oxygen atoms in total. The zero-order chi connectivity index (χ0) is 9.78. The molecule has 1 amide bonds. The molecule has 1 atom stereocenters. The van der Waals surface area contributed by atoms with Gasteiger partial charge in [0.25, 0.3) is 0 Å². The Morgan fingerprint density at radius 2 is 2.17 bits per heavy atom. The van der Waals surface area contributed by atoms with Gasteiger partial charge < -0.3 is 0 Å². The van der Waals surface area contributed by atoms with E-state index in [4.69, 9.17) is 23.6 Å². The predicted octanol–water partition coefficient (Wildman–Crippen LogP) is 3.01. The second-order valence-electron chi connectivity index (χ2n) is 2.66. The van der Waals surface area contributed by atoms with E-state index >= 15 is 0 Å². The van der Waals surface area contributed by atoms with Gasteiger partial charge in [0.1, 0.15) is 6.04 Å². The number of nitrogens with zero attached hydrogens (tertiary/aromatic N) is 1. The Hall–Kier alpha value is -0.0500. The molecular formula is C8H14Cl2NO+. The van der Waals surface area contributed by atoms with Gasteiger partial charge in [0, 0.05) is 12.8 Å².